The molecule has 0 amide bonds. The molecule has 2 aliphatic carbocycles. The number of hydrogen-bond donors (Lipinski definition) is 2. The van der Waals surface area contributed by atoms with Gasteiger partial charge in [0.25, 0.3) is 0 Å². The molecular weight excluding hydrogens is 260 g/mol. The van der Waals surface area contributed by atoms with Crippen LogP contribution in [0.25, 0.3) is 0 Å². The van der Waals surface area contributed by atoms with Gasteiger partial charge in [-0.15, -0.1) is 0 Å². The largest absolute Gasteiger partial charge is 0.409 e. The second-order valence-electron chi connectivity index (χ2n) is 6.12. The molecule has 2 saturated carbocycles. The smallest absolute Gasteiger partial charge is 0.192 e. The second kappa shape index (κ2) is 5.28. The van der Waals surface area contributed by atoms with Crippen molar-refractivity contribution in [3.8, 4) is 0 Å². The summed E-state index contributed by atoms with van der Waals surface area (Å²) >= 11 is 0. The summed E-state index contributed by atoms with van der Waals surface area (Å²) in [4.78, 5) is 11.8. The zero-order valence-electron chi connectivity index (χ0n) is 12.2. The van der Waals surface area contributed by atoms with E-state index in [0.29, 0.717) is 19.3 Å². The van der Waals surface area contributed by atoms with Crippen LogP contribution in [0, 0.1) is 5.92 Å². The maximum Gasteiger partial charge on any atom is 0.192 e. The van der Waals surface area contributed by atoms with Gasteiger partial charge in [-0.1, -0.05) is 20.8 Å². The van der Waals surface area contributed by atoms with Crippen LogP contribution in [0.4, 0.5) is 0 Å². The van der Waals surface area contributed by atoms with Gasteiger partial charge in [0, 0.05) is 12.8 Å². The summed E-state index contributed by atoms with van der Waals surface area (Å²) in [5, 5.41) is 20.5. The number of rotatable bonds is 5. The Morgan fingerprint density at radius 3 is 2.37 bits per heavy atom. The average Bonchev–Trinajstić information content (AvgIpc) is 2.56. The topological polar surface area (TPSA) is 66.8 Å². The Morgan fingerprint density at radius 2 is 1.84 bits per heavy atom. The molecule has 2 fully saturated rings. The zero-order valence-corrected chi connectivity index (χ0v) is 13.2. The molecule has 110 valence electrons. The van der Waals surface area contributed by atoms with Crippen molar-refractivity contribution in [3.63, 3.8) is 0 Å². The van der Waals surface area contributed by atoms with Crippen LogP contribution in [0.5, 0.6) is 0 Å². The molecule has 0 aliphatic heterocycles. The minimum Gasteiger partial charge on any atom is -0.409 e. The minimum absolute atomic E-state index is 0.00603. The van der Waals surface area contributed by atoms with Crippen molar-refractivity contribution in [1.82, 2.24) is 0 Å². The fourth-order valence-corrected chi connectivity index (χ4v) is 6.93. The molecule has 0 heterocycles. The van der Waals surface area contributed by atoms with E-state index in [2.05, 4.69) is 20.8 Å². The summed E-state index contributed by atoms with van der Waals surface area (Å²) in [6, 6.07) is 3.05. The van der Waals surface area contributed by atoms with Crippen molar-refractivity contribution >= 4 is 14.1 Å². The Bertz CT molecular complexity index is 347. The van der Waals surface area contributed by atoms with E-state index < -0.39 is 32.0 Å². The number of carbonyl (C=O) groups is 1. The molecule has 2 bridgehead atoms. The predicted molar refractivity (Wildman–Crippen MR) is 75.4 cm³/mol. The zero-order chi connectivity index (χ0) is 14.3. The van der Waals surface area contributed by atoms with Crippen molar-refractivity contribution in [2.45, 2.75) is 76.0 Å². The van der Waals surface area contributed by atoms with Gasteiger partial charge >= 0.3 is 0 Å². The van der Waals surface area contributed by atoms with Crippen LogP contribution in [0.15, 0.2) is 0 Å². The summed E-state index contributed by atoms with van der Waals surface area (Å²) in [5.41, 5.74) is -0.660. The first-order valence-corrected chi connectivity index (χ1v) is 10.1. The summed E-state index contributed by atoms with van der Waals surface area (Å²) in [6.07, 6.45) is -0.141. The summed E-state index contributed by atoms with van der Waals surface area (Å²) in [5.74, 6) is -0.625. The van der Waals surface area contributed by atoms with Crippen molar-refractivity contribution < 1.29 is 19.4 Å². The van der Waals surface area contributed by atoms with Crippen LogP contribution in [0.2, 0.25) is 18.1 Å². The maximum atomic E-state index is 11.8. The molecule has 0 aromatic heterocycles. The minimum atomic E-state index is -1.85. The Kier molecular flexibility index (Phi) is 4.21. The van der Waals surface area contributed by atoms with Crippen LogP contribution in [-0.4, -0.2) is 42.1 Å². The molecule has 4 nitrogen and oxygen atoms in total. The number of Topliss-reactive ketones (excluding diaryl/α,β-unsaturated/α-hetero) is 1. The van der Waals surface area contributed by atoms with Gasteiger partial charge in [0.05, 0.1) is 23.7 Å². The van der Waals surface area contributed by atoms with Crippen molar-refractivity contribution in [2.24, 2.45) is 5.92 Å². The number of hydrogen-bond acceptors (Lipinski definition) is 4. The average molecular weight is 286 g/mol. The van der Waals surface area contributed by atoms with E-state index in [1.165, 1.54) is 0 Å². The van der Waals surface area contributed by atoms with E-state index in [1.807, 2.05) is 0 Å². The lowest BCUT2D eigenvalue weighted by atomic mass is 9.82. The number of fused-ring (bicyclic) bond motifs is 2. The molecule has 19 heavy (non-hydrogen) atoms. The fourth-order valence-electron chi connectivity index (χ4n) is 3.83. The number of aliphatic hydroxyl groups is 2. The first-order valence-electron chi connectivity index (χ1n) is 7.52. The van der Waals surface area contributed by atoms with Gasteiger partial charge in [-0.25, -0.2) is 0 Å². The van der Waals surface area contributed by atoms with Gasteiger partial charge in [0.15, 0.2) is 8.32 Å². The van der Waals surface area contributed by atoms with Gasteiger partial charge in [0.2, 0.25) is 0 Å². The highest BCUT2D eigenvalue weighted by molar-refractivity contribution is 6.73. The third-order valence-corrected chi connectivity index (χ3v) is 10.1. The molecule has 0 radical (unpaired) electrons. The summed E-state index contributed by atoms with van der Waals surface area (Å²) in [7, 11) is -1.85. The van der Waals surface area contributed by atoms with Gasteiger partial charge in [-0.2, -0.15) is 0 Å². The normalized spacial score (nSPS) is 38.8. The lowest BCUT2D eigenvalue weighted by Gasteiger charge is -2.44. The molecule has 0 aromatic carbocycles. The lowest BCUT2D eigenvalue weighted by molar-refractivity contribution is -0.140. The van der Waals surface area contributed by atoms with Gasteiger partial charge in [0.1, 0.15) is 5.78 Å². The highest BCUT2D eigenvalue weighted by Crippen LogP contribution is 2.48. The van der Waals surface area contributed by atoms with Crippen LogP contribution in [0.1, 0.15) is 40.0 Å². The quantitative estimate of drug-likeness (QED) is 0.757. The second-order valence-corrected chi connectivity index (χ2v) is 10.8. The van der Waals surface area contributed by atoms with Crippen molar-refractivity contribution in [3.05, 3.63) is 0 Å². The Balaban J connectivity index is 2.26. The summed E-state index contributed by atoms with van der Waals surface area (Å²) < 4.78 is 6.51. The van der Waals surface area contributed by atoms with Crippen LogP contribution >= 0.6 is 0 Å². The molecule has 2 rings (SSSR count). The van der Waals surface area contributed by atoms with Gasteiger partial charge in [-0.05, 0) is 24.6 Å². The monoisotopic (exact) mass is 286 g/mol. The standard InChI is InChI=1S/C14H26O4Si/c1-4-19(5-2,6-3)18-14-8-7-10(15)12(13(14)17)11(16)9-14/h11-13,16-17H,4-9H2,1-3H3. The van der Waals surface area contributed by atoms with E-state index >= 15 is 0 Å². The van der Waals surface area contributed by atoms with E-state index in [-0.39, 0.29) is 5.78 Å². The van der Waals surface area contributed by atoms with Crippen LogP contribution in [-0.2, 0) is 9.22 Å². The number of ketones is 1. The first kappa shape index (κ1) is 15.2. The molecule has 0 saturated heterocycles. The maximum absolute atomic E-state index is 11.8. The summed E-state index contributed by atoms with van der Waals surface area (Å²) in [6.45, 7) is 6.46. The Hall–Kier alpha value is -0.233. The number of aliphatic hydroxyl groups excluding tert-OH is 2. The van der Waals surface area contributed by atoms with Crippen LogP contribution in [0.3, 0.4) is 0 Å². The van der Waals surface area contributed by atoms with Crippen molar-refractivity contribution in [1.29, 1.82) is 0 Å². The van der Waals surface area contributed by atoms with E-state index in [1.54, 1.807) is 0 Å². The first-order chi connectivity index (χ1) is 8.93. The molecule has 0 spiro atoms. The molecule has 4 unspecified atom stereocenters. The highest BCUT2D eigenvalue weighted by Gasteiger charge is 2.60. The van der Waals surface area contributed by atoms with Gasteiger partial charge in [-0.3, -0.25) is 4.79 Å². The Morgan fingerprint density at radius 1 is 1.26 bits per heavy atom. The molecule has 0 aromatic rings. The third kappa shape index (κ3) is 2.31. The SMILES string of the molecule is CC[Si](CC)(CC)OC12CCC(=O)C(C(O)C1)C2O. The van der Waals surface area contributed by atoms with E-state index in [0.717, 1.165) is 18.1 Å². The highest BCUT2D eigenvalue weighted by atomic mass is 28.4. The molecule has 4 atom stereocenters. The predicted octanol–water partition coefficient (Wildman–Crippen LogP) is 1.85. The van der Waals surface area contributed by atoms with E-state index in [9.17, 15) is 15.0 Å². The van der Waals surface area contributed by atoms with E-state index in [4.69, 9.17) is 4.43 Å². The molecule has 2 N–H and O–H groups in total. The lowest BCUT2D eigenvalue weighted by Crippen LogP contribution is -2.55. The van der Waals surface area contributed by atoms with Crippen LogP contribution < -0.4 is 0 Å². The number of carbonyl (C=O) groups excluding carboxylic acids is 1. The van der Waals surface area contributed by atoms with Gasteiger partial charge < -0.3 is 14.6 Å². The Labute approximate surface area is 116 Å². The molecule has 2 aliphatic rings. The molecular formula is C14H26O4Si. The fraction of sp³-hybridized carbons (Fsp3) is 0.929. The van der Waals surface area contributed by atoms with Crippen molar-refractivity contribution in [2.75, 3.05) is 0 Å². The third-order valence-electron chi connectivity index (χ3n) is 5.37. The molecule has 5 heteroatoms.